The van der Waals surface area contributed by atoms with Gasteiger partial charge in [0.25, 0.3) is 0 Å². The number of ether oxygens (including phenoxy) is 2. The van der Waals surface area contributed by atoms with Crippen LogP contribution in [0.3, 0.4) is 0 Å². The van der Waals surface area contributed by atoms with Crippen molar-refractivity contribution in [2.24, 2.45) is 0 Å². The Hall–Kier alpha value is -2.91. The van der Waals surface area contributed by atoms with Crippen LogP contribution in [-0.4, -0.2) is 49.4 Å². The normalized spacial score (nSPS) is 11.8. The van der Waals surface area contributed by atoms with Crippen LogP contribution in [0.5, 0.6) is 5.75 Å². The van der Waals surface area contributed by atoms with Gasteiger partial charge in [-0.05, 0) is 42.7 Å². The molecule has 0 unspecified atom stereocenters. The molecule has 0 aliphatic carbocycles. The monoisotopic (exact) mass is 459 g/mol. The van der Waals surface area contributed by atoms with Crippen molar-refractivity contribution in [3.63, 3.8) is 0 Å². The van der Waals surface area contributed by atoms with Crippen molar-refractivity contribution in [3.05, 3.63) is 53.9 Å². The summed E-state index contributed by atoms with van der Waals surface area (Å²) in [7, 11) is 1.02. The van der Waals surface area contributed by atoms with Crippen LogP contribution in [0.1, 0.15) is 31.2 Å². The maximum atomic E-state index is 12.5. The highest BCUT2D eigenvalue weighted by Gasteiger charge is 2.20. The molecule has 0 saturated carbocycles. The molecule has 0 saturated heterocycles. The Bertz CT molecular complexity index is 1200. The zero-order chi connectivity index (χ0) is 23.3. The van der Waals surface area contributed by atoms with Gasteiger partial charge in [-0.1, -0.05) is 25.1 Å². The number of hydrogen-bond acceptors (Lipinski definition) is 6. The molecule has 0 radical (unpaired) electrons. The van der Waals surface area contributed by atoms with Crippen molar-refractivity contribution >= 4 is 27.0 Å². The Kier molecular flexibility index (Phi) is 7.52. The molecule has 0 atom stereocenters. The minimum absolute atomic E-state index is 0.0230. The first-order valence-electron chi connectivity index (χ1n) is 10.5. The molecular formula is C23H29N3O5S. The summed E-state index contributed by atoms with van der Waals surface area (Å²) in [4.78, 5) is 17.1. The molecule has 1 heterocycles. The second kappa shape index (κ2) is 10.1. The van der Waals surface area contributed by atoms with Gasteiger partial charge < -0.3 is 14.0 Å². The molecule has 9 heteroatoms. The van der Waals surface area contributed by atoms with Crippen LogP contribution in [0.4, 0.5) is 0 Å². The van der Waals surface area contributed by atoms with Crippen molar-refractivity contribution in [1.82, 2.24) is 13.9 Å². The van der Waals surface area contributed by atoms with E-state index >= 15 is 0 Å². The van der Waals surface area contributed by atoms with E-state index in [1.807, 2.05) is 35.8 Å². The number of imidazole rings is 1. The van der Waals surface area contributed by atoms with Gasteiger partial charge in [-0.2, -0.15) is 0 Å². The number of methoxy groups -OCH3 is 1. The van der Waals surface area contributed by atoms with Crippen molar-refractivity contribution in [3.8, 4) is 5.75 Å². The molecule has 2 aromatic carbocycles. The number of para-hydroxylation sites is 1. The molecule has 0 amide bonds. The van der Waals surface area contributed by atoms with Gasteiger partial charge in [0.1, 0.15) is 18.2 Å². The predicted molar refractivity (Wildman–Crippen MR) is 122 cm³/mol. The third-order valence-corrected chi connectivity index (χ3v) is 6.99. The van der Waals surface area contributed by atoms with E-state index in [2.05, 4.69) is 4.98 Å². The van der Waals surface area contributed by atoms with E-state index in [9.17, 15) is 13.2 Å². The van der Waals surface area contributed by atoms with E-state index in [1.165, 1.54) is 18.4 Å². The SMILES string of the molecule is CCCn1c(COC(=O)CCc2ccccc2OC)nc2cc(S(=O)(=O)N(C)C)ccc21. The molecule has 0 fully saturated rings. The fourth-order valence-corrected chi connectivity index (χ4v) is 4.40. The van der Waals surface area contributed by atoms with E-state index in [0.717, 1.165) is 23.3 Å². The average molecular weight is 460 g/mol. The zero-order valence-electron chi connectivity index (χ0n) is 18.9. The van der Waals surface area contributed by atoms with Gasteiger partial charge in [0.15, 0.2) is 0 Å². The van der Waals surface area contributed by atoms with Gasteiger partial charge in [-0.3, -0.25) is 4.79 Å². The van der Waals surface area contributed by atoms with Gasteiger partial charge in [-0.25, -0.2) is 17.7 Å². The molecule has 0 spiro atoms. The smallest absolute Gasteiger partial charge is 0.306 e. The maximum Gasteiger partial charge on any atom is 0.306 e. The molecule has 3 aromatic rings. The average Bonchev–Trinajstić information content (AvgIpc) is 3.13. The number of esters is 1. The van der Waals surface area contributed by atoms with E-state index in [1.54, 1.807) is 25.3 Å². The molecule has 1 aromatic heterocycles. The van der Waals surface area contributed by atoms with Crippen LogP contribution in [0, 0.1) is 0 Å². The van der Waals surface area contributed by atoms with Gasteiger partial charge >= 0.3 is 5.97 Å². The number of aryl methyl sites for hydroxylation is 2. The summed E-state index contributed by atoms with van der Waals surface area (Å²) in [5, 5.41) is 0. The number of benzene rings is 2. The van der Waals surface area contributed by atoms with Crippen molar-refractivity contribution in [1.29, 1.82) is 0 Å². The van der Waals surface area contributed by atoms with Crippen LogP contribution in [0.25, 0.3) is 11.0 Å². The Morgan fingerprint density at radius 1 is 1.16 bits per heavy atom. The summed E-state index contributed by atoms with van der Waals surface area (Å²) in [6.07, 6.45) is 1.59. The third-order valence-electron chi connectivity index (χ3n) is 5.18. The zero-order valence-corrected chi connectivity index (χ0v) is 19.7. The summed E-state index contributed by atoms with van der Waals surface area (Å²) in [5.74, 6) is 1.00. The lowest BCUT2D eigenvalue weighted by Crippen LogP contribution is -2.22. The Balaban J connectivity index is 1.75. The second-order valence-electron chi connectivity index (χ2n) is 7.59. The van der Waals surface area contributed by atoms with Crippen molar-refractivity contribution in [2.75, 3.05) is 21.2 Å². The summed E-state index contributed by atoms with van der Waals surface area (Å²) >= 11 is 0. The number of carbonyl (C=O) groups excluding carboxylic acids is 1. The first kappa shape index (κ1) is 23.7. The van der Waals surface area contributed by atoms with Gasteiger partial charge in [0.2, 0.25) is 10.0 Å². The summed E-state index contributed by atoms with van der Waals surface area (Å²) < 4.78 is 38.9. The lowest BCUT2D eigenvalue weighted by molar-refractivity contribution is -0.145. The van der Waals surface area contributed by atoms with Gasteiger partial charge in [0.05, 0.1) is 23.0 Å². The molecular weight excluding hydrogens is 430 g/mol. The molecule has 0 aliphatic rings. The predicted octanol–water partition coefficient (Wildman–Crippen LogP) is 3.38. The molecule has 8 nitrogen and oxygen atoms in total. The van der Waals surface area contributed by atoms with Gasteiger partial charge in [-0.15, -0.1) is 0 Å². The molecule has 3 rings (SSSR count). The standard InChI is InChI=1S/C23H29N3O5S/c1-5-14-26-20-12-11-18(32(28,29)25(2)3)15-19(20)24-22(26)16-31-23(27)13-10-17-8-6-7-9-21(17)30-4/h6-9,11-12,15H,5,10,13-14,16H2,1-4H3. The van der Waals surface area contributed by atoms with Crippen molar-refractivity contribution in [2.45, 2.75) is 44.2 Å². The summed E-state index contributed by atoms with van der Waals surface area (Å²) in [5.41, 5.74) is 2.31. The van der Waals surface area contributed by atoms with Crippen molar-refractivity contribution < 1.29 is 22.7 Å². The summed E-state index contributed by atoms with van der Waals surface area (Å²) in [6.45, 7) is 2.75. The Morgan fingerprint density at radius 3 is 2.59 bits per heavy atom. The van der Waals surface area contributed by atoms with Crippen LogP contribution in [-0.2, 0) is 39.1 Å². The number of fused-ring (bicyclic) bond motifs is 1. The number of carbonyl (C=O) groups is 1. The topological polar surface area (TPSA) is 90.7 Å². The fourth-order valence-electron chi connectivity index (χ4n) is 3.48. The second-order valence-corrected chi connectivity index (χ2v) is 9.74. The first-order chi connectivity index (χ1) is 15.3. The minimum Gasteiger partial charge on any atom is -0.496 e. The van der Waals surface area contributed by atoms with Gasteiger partial charge in [0, 0.05) is 27.1 Å². The third kappa shape index (κ3) is 5.11. The van der Waals surface area contributed by atoms with E-state index in [0.29, 0.717) is 24.3 Å². The maximum absolute atomic E-state index is 12.5. The first-order valence-corrected chi connectivity index (χ1v) is 11.9. The van der Waals surface area contributed by atoms with Crippen LogP contribution < -0.4 is 4.74 Å². The summed E-state index contributed by atoms with van der Waals surface area (Å²) in [6, 6.07) is 12.5. The van der Waals surface area contributed by atoms with Crippen LogP contribution >= 0.6 is 0 Å². The molecule has 172 valence electrons. The number of sulfonamides is 1. The van der Waals surface area contributed by atoms with E-state index in [4.69, 9.17) is 9.47 Å². The van der Waals surface area contributed by atoms with E-state index in [-0.39, 0.29) is 23.9 Å². The van der Waals surface area contributed by atoms with E-state index < -0.39 is 10.0 Å². The highest BCUT2D eigenvalue weighted by molar-refractivity contribution is 7.89. The highest BCUT2D eigenvalue weighted by Crippen LogP contribution is 2.23. The number of hydrogen-bond donors (Lipinski definition) is 0. The largest absolute Gasteiger partial charge is 0.496 e. The quantitative estimate of drug-likeness (QED) is 0.432. The lowest BCUT2D eigenvalue weighted by atomic mass is 10.1. The number of rotatable bonds is 10. The lowest BCUT2D eigenvalue weighted by Gasteiger charge is -2.11. The molecule has 0 aliphatic heterocycles. The Morgan fingerprint density at radius 2 is 1.91 bits per heavy atom. The number of nitrogens with zero attached hydrogens (tertiary/aromatic N) is 3. The molecule has 0 N–H and O–H groups in total. The minimum atomic E-state index is -3.56. The highest BCUT2D eigenvalue weighted by atomic mass is 32.2. The number of aromatic nitrogens is 2. The molecule has 32 heavy (non-hydrogen) atoms. The Labute approximate surface area is 188 Å². The van der Waals surface area contributed by atoms with Crippen LogP contribution in [0.2, 0.25) is 0 Å². The fraction of sp³-hybridized carbons (Fsp3) is 0.391. The molecule has 0 bridgehead atoms. The van der Waals surface area contributed by atoms with Crippen LogP contribution in [0.15, 0.2) is 47.4 Å².